The average Bonchev–Trinajstić information content (AvgIpc) is 2.54. The van der Waals surface area contributed by atoms with Crippen LogP contribution < -0.4 is 15.8 Å². The summed E-state index contributed by atoms with van der Waals surface area (Å²) in [5, 5.41) is 3.42. The minimum Gasteiger partial charge on any atom is -0.495 e. The molecule has 0 aliphatic rings. The van der Waals surface area contributed by atoms with E-state index in [-0.39, 0.29) is 0 Å². The lowest BCUT2D eigenvalue weighted by atomic mass is 10.3. The largest absolute Gasteiger partial charge is 0.495 e. The quantitative estimate of drug-likeness (QED) is 0.486. The number of benzene rings is 2. The molecule has 2 aromatic carbocycles. The molecule has 5 heteroatoms. The topological polar surface area (TPSA) is 59.6 Å². The van der Waals surface area contributed by atoms with Crippen LogP contribution in [0.15, 0.2) is 64.5 Å². The Balaban J connectivity index is 1.89. The predicted octanol–water partition coefficient (Wildman–Crippen LogP) is 3.60. The van der Waals surface area contributed by atoms with E-state index in [1.54, 1.807) is 18.9 Å². The van der Waals surface area contributed by atoms with Gasteiger partial charge in [-0.25, -0.2) is 0 Å². The lowest BCUT2D eigenvalue weighted by Gasteiger charge is -2.12. The molecule has 0 aliphatic heterocycles. The highest BCUT2D eigenvalue weighted by atomic mass is 32.2. The monoisotopic (exact) mass is 315 g/mol. The van der Waals surface area contributed by atoms with Gasteiger partial charge < -0.3 is 15.8 Å². The van der Waals surface area contributed by atoms with Crippen molar-refractivity contribution in [3.8, 4) is 5.75 Å². The van der Waals surface area contributed by atoms with Gasteiger partial charge in [0.2, 0.25) is 0 Å². The lowest BCUT2D eigenvalue weighted by molar-refractivity contribution is 0.417. The summed E-state index contributed by atoms with van der Waals surface area (Å²) in [6.07, 6.45) is 0. The highest BCUT2D eigenvalue weighted by molar-refractivity contribution is 8.00. The van der Waals surface area contributed by atoms with E-state index in [2.05, 4.69) is 29.4 Å². The zero-order valence-corrected chi connectivity index (χ0v) is 13.6. The number of ether oxygens (including phenoxy) is 1. The van der Waals surface area contributed by atoms with Gasteiger partial charge in [0.25, 0.3) is 0 Å². The fourth-order valence-corrected chi connectivity index (χ4v) is 2.85. The third-order valence-corrected chi connectivity index (χ3v) is 4.06. The van der Waals surface area contributed by atoms with Gasteiger partial charge in [0.05, 0.1) is 19.3 Å². The first-order valence-corrected chi connectivity index (χ1v) is 7.98. The Labute approximate surface area is 135 Å². The molecule has 3 N–H and O–H groups in total. The molecule has 0 bridgehead atoms. The van der Waals surface area contributed by atoms with Crippen LogP contribution in [0.3, 0.4) is 0 Å². The van der Waals surface area contributed by atoms with Crippen LogP contribution in [0.2, 0.25) is 0 Å². The van der Waals surface area contributed by atoms with Crippen molar-refractivity contribution in [1.29, 1.82) is 0 Å². The van der Waals surface area contributed by atoms with Crippen LogP contribution in [0, 0.1) is 0 Å². The first-order valence-electron chi connectivity index (χ1n) is 7.10. The molecule has 1 atom stereocenters. The number of hydrogen-bond acceptors (Lipinski definition) is 3. The molecule has 116 valence electrons. The molecule has 2 aromatic rings. The molecule has 0 heterocycles. The minimum absolute atomic E-state index is 0.348. The summed E-state index contributed by atoms with van der Waals surface area (Å²) in [5.74, 6) is 1.14. The van der Waals surface area contributed by atoms with Gasteiger partial charge in [-0.1, -0.05) is 37.3 Å². The lowest BCUT2D eigenvalue weighted by Crippen LogP contribution is -2.24. The number of aliphatic imine (C=N–C) groups is 1. The molecule has 0 amide bonds. The zero-order valence-electron chi connectivity index (χ0n) is 12.8. The Hall–Kier alpha value is -2.14. The Morgan fingerprint density at radius 2 is 1.86 bits per heavy atom. The number of hydrogen-bond donors (Lipinski definition) is 2. The van der Waals surface area contributed by atoms with Crippen molar-refractivity contribution >= 4 is 23.4 Å². The fraction of sp³-hybridized carbons (Fsp3) is 0.235. The number of nitrogens with two attached hydrogens (primary N) is 1. The van der Waals surface area contributed by atoms with Crippen molar-refractivity contribution in [1.82, 2.24) is 0 Å². The Morgan fingerprint density at radius 3 is 2.59 bits per heavy atom. The van der Waals surface area contributed by atoms with E-state index >= 15 is 0 Å². The van der Waals surface area contributed by atoms with Crippen molar-refractivity contribution in [2.24, 2.45) is 10.7 Å². The third kappa shape index (κ3) is 5.00. The summed E-state index contributed by atoms with van der Waals surface area (Å²) in [6.45, 7) is 2.78. The standard InChI is InChI=1S/C17H21N3OS/c1-13(22-14-8-4-3-5-9-14)12-19-17(18)20-15-10-6-7-11-16(15)21-2/h3-11,13H,12H2,1-2H3,(H3,18,19,20). The van der Waals surface area contributed by atoms with Gasteiger partial charge in [-0.15, -0.1) is 11.8 Å². The van der Waals surface area contributed by atoms with Crippen molar-refractivity contribution in [2.45, 2.75) is 17.1 Å². The summed E-state index contributed by atoms with van der Waals surface area (Å²) in [4.78, 5) is 5.64. The minimum atomic E-state index is 0.348. The highest BCUT2D eigenvalue weighted by Gasteiger charge is 2.05. The molecule has 0 radical (unpaired) electrons. The molecule has 22 heavy (non-hydrogen) atoms. The summed E-state index contributed by atoms with van der Waals surface area (Å²) in [6, 6.07) is 17.9. The molecule has 0 saturated carbocycles. The molecule has 4 nitrogen and oxygen atoms in total. The molecule has 0 fully saturated rings. The van der Waals surface area contributed by atoms with Crippen molar-refractivity contribution < 1.29 is 4.74 Å². The van der Waals surface area contributed by atoms with Crippen LogP contribution >= 0.6 is 11.8 Å². The molecule has 1 unspecified atom stereocenters. The van der Waals surface area contributed by atoms with Crippen molar-refractivity contribution in [2.75, 3.05) is 19.0 Å². The van der Waals surface area contributed by atoms with Gasteiger partial charge in [0, 0.05) is 10.1 Å². The number of guanidine groups is 1. The van der Waals surface area contributed by atoms with E-state index in [1.165, 1.54) is 4.90 Å². The molecular weight excluding hydrogens is 294 g/mol. The molecule has 2 rings (SSSR count). The maximum Gasteiger partial charge on any atom is 0.193 e. The van der Waals surface area contributed by atoms with Gasteiger partial charge in [-0.05, 0) is 24.3 Å². The van der Waals surface area contributed by atoms with Gasteiger partial charge >= 0.3 is 0 Å². The Kier molecular flexibility index (Phi) is 6.15. The van der Waals surface area contributed by atoms with Crippen LogP contribution in [0.5, 0.6) is 5.75 Å². The van der Waals surface area contributed by atoms with Gasteiger partial charge in [-0.2, -0.15) is 0 Å². The molecule has 0 aromatic heterocycles. The number of para-hydroxylation sites is 2. The van der Waals surface area contributed by atoms with Crippen LogP contribution in [-0.2, 0) is 0 Å². The first-order chi connectivity index (χ1) is 10.7. The summed E-state index contributed by atoms with van der Waals surface area (Å²) in [7, 11) is 1.63. The smallest absolute Gasteiger partial charge is 0.193 e. The maximum absolute atomic E-state index is 5.95. The number of nitrogens with one attached hydrogen (secondary N) is 1. The number of rotatable bonds is 6. The average molecular weight is 315 g/mol. The molecule has 0 saturated heterocycles. The fourth-order valence-electron chi connectivity index (χ4n) is 1.92. The second-order valence-corrected chi connectivity index (χ2v) is 6.30. The van der Waals surface area contributed by atoms with Gasteiger partial charge in [0.15, 0.2) is 5.96 Å². The Bertz CT molecular complexity index is 616. The van der Waals surface area contributed by atoms with Gasteiger partial charge in [-0.3, -0.25) is 4.99 Å². The van der Waals surface area contributed by atoms with Crippen molar-refractivity contribution in [3.05, 3.63) is 54.6 Å². The van der Waals surface area contributed by atoms with Crippen LogP contribution in [0.4, 0.5) is 5.69 Å². The van der Waals surface area contributed by atoms with Crippen LogP contribution in [-0.4, -0.2) is 24.9 Å². The van der Waals surface area contributed by atoms with E-state index in [4.69, 9.17) is 10.5 Å². The number of nitrogens with zero attached hydrogens (tertiary/aromatic N) is 1. The molecule has 0 spiro atoms. The van der Waals surface area contributed by atoms with E-state index in [0.29, 0.717) is 17.8 Å². The second kappa shape index (κ2) is 8.34. The van der Waals surface area contributed by atoms with Crippen LogP contribution in [0.1, 0.15) is 6.92 Å². The zero-order chi connectivity index (χ0) is 15.8. The van der Waals surface area contributed by atoms with E-state index in [1.807, 2.05) is 42.5 Å². The second-order valence-electron chi connectivity index (χ2n) is 4.79. The normalized spacial score (nSPS) is 12.7. The van der Waals surface area contributed by atoms with Crippen molar-refractivity contribution in [3.63, 3.8) is 0 Å². The molecular formula is C17H21N3OS. The summed E-state index contributed by atoms with van der Waals surface area (Å²) in [5.41, 5.74) is 6.76. The number of methoxy groups -OCH3 is 1. The summed E-state index contributed by atoms with van der Waals surface area (Å²) >= 11 is 1.78. The van der Waals surface area contributed by atoms with E-state index in [0.717, 1.165) is 11.4 Å². The first kappa shape index (κ1) is 16.2. The predicted molar refractivity (Wildman–Crippen MR) is 94.9 cm³/mol. The third-order valence-electron chi connectivity index (χ3n) is 2.97. The van der Waals surface area contributed by atoms with E-state index in [9.17, 15) is 0 Å². The van der Waals surface area contributed by atoms with Gasteiger partial charge in [0.1, 0.15) is 5.75 Å². The highest BCUT2D eigenvalue weighted by Crippen LogP contribution is 2.24. The Morgan fingerprint density at radius 1 is 1.18 bits per heavy atom. The number of thioether (sulfide) groups is 1. The summed E-state index contributed by atoms with van der Waals surface area (Å²) < 4.78 is 5.27. The van der Waals surface area contributed by atoms with E-state index < -0.39 is 0 Å². The molecule has 0 aliphatic carbocycles. The van der Waals surface area contributed by atoms with Crippen LogP contribution in [0.25, 0.3) is 0 Å². The SMILES string of the molecule is COc1ccccc1NC(N)=NCC(C)Sc1ccccc1. The maximum atomic E-state index is 5.95. The number of anilines is 1.